The highest BCUT2D eigenvalue weighted by Crippen LogP contribution is 2.30. The minimum Gasteiger partial charge on any atom is -0.388 e. The lowest BCUT2D eigenvalue weighted by atomic mass is 9.97. The Bertz CT molecular complexity index is 821. The first-order chi connectivity index (χ1) is 13.1. The molecular formula is C20H21F3N2O3. The van der Waals surface area contributed by atoms with Crippen LogP contribution in [0, 0.1) is 0 Å². The fraction of sp³-hybridized carbons (Fsp3) is 0.300. The van der Waals surface area contributed by atoms with Gasteiger partial charge in [0.1, 0.15) is 0 Å². The first-order valence-electron chi connectivity index (χ1n) is 8.60. The molecule has 0 unspecified atom stereocenters. The van der Waals surface area contributed by atoms with Crippen LogP contribution in [0.3, 0.4) is 0 Å². The van der Waals surface area contributed by atoms with Crippen molar-refractivity contribution < 1.29 is 27.9 Å². The average Bonchev–Trinajstić information content (AvgIpc) is 2.65. The average molecular weight is 394 g/mol. The van der Waals surface area contributed by atoms with E-state index in [0.717, 1.165) is 23.8 Å². The predicted octanol–water partition coefficient (Wildman–Crippen LogP) is 3.14. The molecule has 0 radical (unpaired) electrons. The van der Waals surface area contributed by atoms with E-state index < -0.39 is 29.2 Å². The normalized spacial score (nSPS) is 13.5. The summed E-state index contributed by atoms with van der Waals surface area (Å²) in [5.74, 6) is -2.16. The van der Waals surface area contributed by atoms with Crippen LogP contribution in [0.2, 0.25) is 0 Å². The zero-order valence-electron chi connectivity index (χ0n) is 15.2. The molecule has 2 amide bonds. The minimum atomic E-state index is -4.56. The van der Waals surface area contributed by atoms with Crippen LogP contribution in [0.15, 0.2) is 54.6 Å². The van der Waals surface area contributed by atoms with Gasteiger partial charge in [-0.05, 0) is 43.5 Å². The molecule has 5 nitrogen and oxygen atoms in total. The van der Waals surface area contributed by atoms with E-state index in [-0.39, 0.29) is 12.2 Å². The molecular weight excluding hydrogens is 373 g/mol. The van der Waals surface area contributed by atoms with Gasteiger partial charge in [0.2, 0.25) is 0 Å². The minimum absolute atomic E-state index is 0.147. The zero-order valence-corrected chi connectivity index (χ0v) is 15.2. The number of alkyl halides is 3. The third-order valence-corrected chi connectivity index (χ3v) is 4.08. The van der Waals surface area contributed by atoms with Crippen molar-refractivity contribution in [3.05, 3.63) is 65.7 Å². The predicted molar refractivity (Wildman–Crippen MR) is 98.5 cm³/mol. The van der Waals surface area contributed by atoms with Gasteiger partial charge < -0.3 is 15.7 Å². The van der Waals surface area contributed by atoms with E-state index in [1.165, 1.54) is 13.0 Å². The number of amides is 2. The Balaban J connectivity index is 1.85. The van der Waals surface area contributed by atoms with E-state index in [1.54, 1.807) is 0 Å². The number of aryl methyl sites for hydroxylation is 1. The summed E-state index contributed by atoms with van der Waals surface area (Å²) in [5, 5.41) is 14.8. The van der Waals surface area contributed by atoms with Crippen LogP contribution >= 0.6 is 0 Å². The van der Waals surface area contributed by atoms with Crippen LogP contribution in [0.5, 0.6) is 0 Å². The third kappa shape index (κ3) is 6.70. The molecule has 2 aromatic rings. The van der Waals surface area contributed by atoms with Crippen molar-refractivity contribution in [3.63, 3.8) is 0 Å². The number of halogens is 3. The molecule has 0 saturated carbocycles. The SMILES string of the molecule is C[C@@](O)(CCc1ccccc1)CNC(=O)C(=O)Nc1cccc(C(F)(F)F)c1. The zero-order chi connectivity index (χ0) is 20.8. The Labute approximate surface area is 160 Å². The number of benzene rings is 2. The molecule has 0 saturated heterocycles. The highest BCUT2D eigenvalue weighted by Gasteiger charge is 2.30. The van der Waals surface area contributed by atoms with Gasteiger partial charge in [0.25, 0.3) is 0 Å². The van der Waals surface area contributed by atoms with Crippen LogP contribution in [0.4, 0.5) is 18.9 Å². The Morgan fingerprint density at radius 1 is 1.00 bits per heavy atom. The molecule has 0 aliphatic rings. The molecule has 0 heterocycles. The van der Waals surface area contributed by atoms with Crippen molar-refractivity contribution in [1.82, 2.24) is 5.32 Å². The van der Waals surface area contributed by atoms with Crippen molar-refractivity contribution in [2.24, 2.45) is 0 Å². The van der Waals surface area contributed by atoms with Crippen LogP contribution < -0.4 is 10.6 Å². The lowest BCUT2D eigenvalue weighted by Gasteiger charge is -2.23. The number of nitrogens with one attached hydrogen (secondary N) is 2. The van der Waals surface area contributed by atoms with E-state index in [4.69, 9.17) is 0 Å². The Kier molecular flexibility index (Phi) is 6.80. The lowest BCUT2D eigenvalue weighted by Crippen LogP contribution is -2.44. The number of hydrogen-bond acceptors (Lipinski definition) is 3. The molecule has 2 aromatic carbocycles. The molecule has 0 fully saturated rings. The van der Waals surface area contributed by atoms with Gasteiger partial charge in [0.15, 0.2) is 0 Å². The molecule has 0 spiro atoms. The largest absolute Gasteiger partial charge is 0.416 e. The van der Waals surface area contributed by atoms with Gasteiger partial charge in [0.05, 0.1) is 11.2 Å². The highest BCUT2D eigenvalue weighted by molar-refractivity contribution is 6.39. The number of aliphatic hydroxyl groups is 1. The van der Waals surface area contributed by atoms with Crippen molar-refractivity contribution in [2.75, 3.05) is 11.9 Å². The summed E-state index contributed by atoms with van der Waals surface area (Å²) in [5.41, 5.74) is -1.31. The molecule has 8 heteroatoms. The molecule has 0 bridgehead atoms. The quantitative estimate of drug-likeness (QED) is 0.659. The number of carbonyl (C=O) groups excluding carboxylic acids is 2. The second-order valence-electron chi connectivity index (χ2n) is 6.70. The number of hydrogen-bond donors (Lipinski definition) is 3. The van der Waals surface area contributed by atoms with Gasteiger partial charge in [0, 0.05) is 12.2 Å². The van der Waals surface area contributed by atoms with Crippen LogP contribution in [-0.2, 0) is 22.2 Å². The van der Waals surface area contributed by atoms with Crippen LogP contribution in [0.25, 0.3) is 0 Å². The van der Waals surface area contributed by atoms with E-state index in [9.17, 15) is 27.9 Å². The number of anilines is 1. The van der Waals surface area contributed by atoms with Gasteiger partial charge in [-0.15, -0.1) is 0 Å². The van der Waals surface area contributed by atoms with Crippen molar-refractivity contribution in [3.8, 4) is 0 Å². The second-order valence-corrected chi connectivity index (χ2v) is 6.70. The third-order valence-electron chi connectivity index (χ3n) is 4.08. The monoisotopic (exact) mass is 394 g/mol. The Morgan fingerprint density at radius 3 is 2.32 bits per heavy atom. The second kappa shape index (κ2) is 8.88. The molecule has 3 N–H and O–H groups in total. The molecule has 0 aromatic heterocycles. The first kappa shape index (κ1) is 21.4. The number of rotatable bonds is 6. The van der Waals surface area contributed by atoms with Gasteiger partial charge in [-0.2, -0.15) is 13.2 Å². The lowest BCUT2D eigenvalue weighted by molar-refractivity contribution is -0.137. The van der Waals surface area contributed by atoms with Gasteiger partial charge in [-0.25, -0.2) is 0 Å². The fourth-order valence-corrected chi connectivity index (χ4v) is 2.46. The van der Waals surface area contributed by atoms with E-state index in [2.05, 4.69) is 10.6 Å². The summed E-state index contributed by atoms with van der Waals surface area (Å²) < 4.78 is 38.1. The maximum absolute atomic E-state index is 12.7. The summed E-state index contributed by atoms with van der Waals surface area (Å²) in [6.07, 6.45) is -3.62. The van der Waals surface area contributed by atoms with Gasteiger partial charge in [-0.3, -0.25) is 9.59 Å². The van der Waals surface area contributed by atoms with Gasteiger partial charge >= 0.3 is 18.0 Å². The topological polar surface area (TPSA) is 78.4 Å². The molecule has 0 aliphatic carbocycles. The fourth-order valence-electron chi connectivity index (χ4n) is 2.46. The summed E-state index contributed by atoms with van der Waals surface area (Å²) in [4.78, 5) is 23.8. The Hall–Kier alpha value is -2.87. The van der Waals surface area contributed by atoms with E-state index in [0.29, 0.717) is 12.8 Å². The van der Waals surface area contributed by atoms with Crippen molar-refractivity contribution >= 4 is 17.5 Å². The highest BCUT2D eigenvalue weighted by atomic mass is 19.4. The van der Waals surface area contributed by atoms with Gasteiger partial charge in [-0.1, -0.05) is 36.4 Å². The Morgan fingerprint density at radius 2 is 1.68 bits per heavy atom. The first-order valence-corrected chi connectivity index (χ1v) is 8.60. The van der Waals surface area contributed by atoms with Crippen molar-refractivity contribution in [2.45, 2.75) is 31.5 Å². The number of carbonyl (C=O) groups is 2. The summed E-state index contributed by atoms with van der Waals surface area (Å²) in [6.45, 7) is 1.36. The summed E-state index contributed by atoms with van der Waals surface area (Å²) >= 11 is 0. The van der Waals surface area contributed by atoms with Crippen molar-refractivity contribution in [1.29, 1.82) is 0 Å². The summed E-state index contributed by atoms with van der Waals surface area (Å²) in [7, 11) is 0. The maximum atomic E-state index is 12.7. The molecule has 150 valence electrons. The van der Waals surface area contributed by atoms with E-state index >= 15 is 0 Å². The molecule has 2 rings (SSSR count). The van der Waals surface area contributed by atoms with E-state index in [1.807, 2.05) is 30.3 Å². The maximum Gasteiger partial charge on any atom is 0.416 e. The van der Waals surface area contributed by atoms with Crippen LogP contribution in [-0.4, -0.2) is 29.1 Å². The smallest absolute Gasteiger partial charge is 0.388 e. The standard InChI is InChI=1S/C20H21F3N2O3/c1-19(28,11-10-14-6-3-2-4-7-14)13-24-17(26)18(27)25-16-9-5-8-15(12-16)20(21,22)23/h2-9,12,28H,10-11,13H2,1H3,(H,24,26)(H,25,27)/t19-/m1/s1. The molecule has 28 heavy (non-hydrogen) atoms. The molecule has 1 atom stereocenters. The molecule has 0 aliphatic heterocycles. The van der Waals surface area contributed by atoms with Crippen LogP contribution in [0.1, 0.15) is 24.5 Å². The summed E-state index contributed by atoms with van der Waals surface area (Å²) in [6, 6.07) is 13.4.